The Labute approximate surface area is 54.9 Å². The molecule has 0 amide bonds. The number of hydrazine groups is 1. The minimum absolute atomic E-state index is 1.21. The van der Waals surface area contributed by atoms with E-state index in [2.05, 4.69) is 23.5 Å². The Morgan fingerprint density at radius 1 is 1.38 bits per heavy atom. The number of rotatable bonds is 0. The molecule has 0 unspecified atom stereocenters. The second-order valence-corrected chi connectivity index (χ2v) is 3.23. The molecule has 1 aliphatic rings. The Kier molecular flexibility index (Phi) is 2.16. The number of nitrogens with zero attached hydrogens (tertiary/aromatic N) is 2. The van der Waals surface area contributed by atoms with Crippen molar-refractivity contribution in [1.82, 2.24) is 9.42 Å². The van der Waals surface area contributed by atoms with Crippen molar-refractivity contribution < 1.29 is 0 Å². The van der Waals surface area contributed by atoms with Crippen LogP contribution < -0.4 is 0 Å². The second-order valence-electron chi connectivity index (χ2n) is 2.03. The minimum Gasteiger partial charge on any atom is -0.235 e. The molecule has 0 spiro atoms. The molecule has 0 atom stereocenters. The maximum absolute atomic E-state index is 2.23. The van der Waals surface area contributed by atoms with Crippen molar-refractivity contribution in [2.45, 2.75) is 6.42 Å². The summed E-state index contributed by atoms with van der Waals surface area (Å²) in [4.78, 5) is 0. The monoisotopic (exact) mass is 132 g/mol. The molecule has 1 aliphatic heterocycles. The second kappa shape index (κ2) is 2.71. The van der Waals surface area contributed by atoms with E-state index in [0.29, 0.717) is 0 Å². The topological polar surface area (TPSA) is 6.48 Å². The lowest BCUT2D eigenvalue weighted by Gasteiger charge is -2.31. The predicted molar refractivity (Wildman–Crippen MR) is 37.5 cm³/mol. The van der Waals surface area contributed by atoms with Gasteiger partial charge in [-0.3, -0.25) is 0 Å². The van der Waals surface area contributed by atoms with Crippen molar-refractivity contribution in [3.63, 3.8) is 0 Å². The Balaban J connectivity index is 2.28. The summed E-state index contributed by atoms with van der Waals surface area (Å²) in [6, 6.07) is 0. The molecule has 0 radical (unpaired) electrons. The van der Waals surface area contributed by atoms with Crippen LogP contribution in [0, 0.1) is 0 Å². The van der Waals surface area contributed by atoms with Crippen LogP contribution in [0.25, 0.3) is 0 Å². The predicted octanol–water partition coefficient (Wildman–Crippen LogP) is 0.817. The zero-order valence-corrected chi connectivity index (χ0v) is 6.24. The van der Waals surface area contributed by atoms with E-state index in [1.807, 2.05) is 11.9 Å². The molecular formula is C5H12N2S. The van der Waals surface area contributed by atoms with Gasteiger partial charge >= 0.3 is 0 Å². The van der Waals surface area contributed by atoms with Gasteiger partial charge in [0.1, 0.15) is 0 Å². The summed E-state index contributed by atoms with van der Waals surface area (Å²) >= 11 is 1.89. The summed E-state index contributed by atoms with van der Waals surface area (Å²) < 4.78 is 2.18. The first-order valence-electron chi connectivity index (χ1n) is 2.88. The first-order chi connectivity index (χ1) is 3.80. The van der Waals surface area contributed by atoms with Crippen LogP contribution in [0.5, 0.6) is 0 Å². The van der Waals surface area contributed by atoms with Gasteiger partial charge in [0.25, 0.3) is 0 Å². The molecular weight excluding hydrogens is 120 g/mol. The fourth-order valence-corrected chi connectivity index (χ4v) is 1.53. The highest BCUT2D eigenvalue weighted by Crippen LogP contribution is 2.15. The largest absolute Gasteiger partial charge is 0.235 e. The molecule has 0 aliphatic carbocycles. The highest BCUT2D eigenvalue weighted by molar-refractivity contribution is 7.96. The van der Waals surface area contributed by atoms with Gasteiger partial charge in [-0.15, -0.1) is 0 Å². The molecule has 1 fully saturated rings. The smallest absolute Gasteiger partial charge is 0.0147 e. The summed E-state index contributed by atoms with van der Waals surface area (Å²) in [5.74, 6) is 1.28. The van der Waals surface area contributed by atoms with E-state index in [1.54, 1.807) is 0 Å². The van der Waals surface area contributed by atoms with E-state index < -0.39 is 0 Å². The van der Waals surface area contributed by atoms with Crippen LogP contribution in [0.3, 0.4) is 0 Å². The zero-order valence-electron chi connectivity index (χ0n) is 5.42. The van der Waals surface area contributed by atoms with E-state index in [9.17, 15) is 0 Å². The first-order valence-corrected chi connectivity index (χ1v) is 3.82. The van der Waals surface area contributed by atoms with Gasteiger partial charge in [-0.1, -0.05) is 11.9 Å². The van der Waals surface area contributed by atoms with E-state index in [1.165, 1.54) is 18.7 Å². The number of hydrogen-bond donors (Lipinski definition) is 0. The molecule has 2 nitrogen and oxygen atoms in total. The minimum atomic E-state index is 1.21. The summed E-state index contributed by atoms with van der Waals surface area (Å²) in [7, 11) is 4.22. The SMILES string of the molecule is CN1CCCSN1C. The van der Waals surface area contributed by atoms with Gasteiger partial charge in [0.05, 0.1) is 0 Å². The first kappa shape index (κ1) is 6.39. The van der Waals surface area contributed by atoms with Crippen LogP contribution >= 0.6 is 11.9 Å². The standard InChI is InChI=1S/C5H12N2S/c1-6-4-3-5-8-7(6)2/h3-5H2,1-2H3. The van der Waals surface area contributed by atoms with Crippen LogP contribution in [0.1, 0.15) is 6.42 Å². The molecule has 48 valence electrons. The summed E-state index contributed by atoms with van der Waals surface area (Å²) in [6.45, 7) is 1.21. The third-order valence-corrected chi connectivity index (χ3v) is 2.51. The molecule has 3 heteroatoms. The van der Waals surface area contributed by atoms with Crippen molar-refractivity contribution in [2.24, 2.45) is 0 Å². The molecule has 0 aromatic heterocycles. The highest BCUT2D eigenvalue weighted by atomic mass is 32.2. The van der Waals surface area contributed by atoms with E-state index in [4.69, 9.17) is 0 Å². The lowest BCUT2D eigenvalue weighted by Crippen LogP contribution is -2.36. The summed E-state index contributed by atoms with van der Waals surface area (Å²) in [5.41, 5.74) is 0. The summed E-state index contributed by atoms with van der Waals surface area (Å²) in [6.07, 6.45) is 1.32. The molecule has 1 heterocycles. The molecule has 0 N–H and O–H groups in total. The van der Waals surface area contributed by atoms with E-state index >= 15 is 0 Å². The van der Waals surface area contributed by atoms with Gasteiger partial charge in [-0.25, -0.2) is 5.01 Å². The third kappa shape index (κ3) is 1.37. The van der Waals surface area contributed by atoms with Gasteiger partial charge in [-0.2, -0.15) is 4.41 Å². The van der Waals surface area contributed by atoms with Crippen LogP contribution in [-0.2, 0) is 0 Å². The molecule has 0 aromatic rings. The molecule has 1 rings (SSSR count). The van der Waals surface area contributed by atoms with Gasteiger partial charge < -0.3 is 0 Å². The fourth-order valence-electron chi connectivity index (χ4n) is 0.729. The van der Waals surface area contributed by atoms with E-state index in [-0.39, 0.29) is 0 Å². The van der Waals surface area contributed by atoms with Crippen molar-refractivity contribution in [1.29, 1.82) is 0 Å². The Morgan fingerprint density at radius 3 is 2.50 bits per heavy atom. The van der Waals surface area contributed by atoms with Gasteiger partial charge in [0.15, 0.2) is 0 Å². The Morgan fingerprint density at radius 2 is 2.12 bits per heavy atom. The fraction of sp³-hybridized carbons (Fsp3) is 1.00. The van der Waals surface area contributed by atoms with Gasteiger partial charge in [-0.05, 0) is 6.42 Å². The van der Waals surface area contributed by atoms with Crippen molar-refractivity contribution in [2.75, 3.05) is 26.4 Å². The molecule has 0 saturated carbocycles. The van der Waals surface area contributed by atoms with Gasteiger partial charge in [0, 0.05) is 26.4 Å². The van der Waals surface area contributed by atoms with Crippen molar-refractivity contribution >= 4 is 11.9 Å². The number of hydrogen-bond acceptors (Lipinski definition) is 3. The lowest BCUT2D eigenvalue weighted by molar-refractivity contribution is 0.126. The van der Waals surface area contributed by atoms with Crippen LogP contribution in [-0.4, -0.2) is 35.8 Å². The molecule has 1 saturated heterocycles. The summed E-state index contributed by atoms with van der Waals surface area (Å²) in [5, 5.41) is 2.23. The third-order valence-electron chi connectivity index (χ3n) is 1.38. The average molecular weight is 132 g/mol. The molecule has 8 heavy (non-hydrogen) atoms. The Bertz CT molecular complexity index is 66.8. The zero-order chi connectivity index (χ0) is 5.98. The van der Waals surface area contributed by atoms with Crippen molar-refractivity contribution in [3.05, 3.63) is 0 Å². The lowest BCUT2D eigenvalue weighted by atomic mass is 10.5. The molecule has 0 aromatic carbocycles. The van der Waals surface area contributed by atoms with Crippen LogP contribution in [0.2, 0.25) is 0 Å². The highest BCUT2D eigenvalue weighted by Gasteiger charge is 2.10. The van der Waals surface area contributed by atoms with E-state index in [0.717, 1.165) is 0 Å². The maximum Gasteiger partial charge on any atom is 0.0147 e. The van der Waals surface area contributed by atoms with Crippen LogP contribution in [0.4, 0.5) is 0 Å². The average Bonchev–Trinajstić information content (AvgIpc) is 1.77. The Hall–Kier alpha value is 0.270. The maximum atomic E-state index is 2.23. The quantitative estimate of drug-likeness (QED) is 0.450. The van der Waals surface area contributed by atoms with Crippen molar-refractivity contribution in [3.8, 4) is 0 Å². The molecule has 0 bridgehead atoms. The van der Waals surface area contributed by atoms with Crippen LogP contribution in [0.15, 0.2) is 0 Å². The van der Waals surface area contributed by atoms with Gasteiger partial charge in [0.2, 0.25) is 0 Å². The normalized spacial score (nSPS) is 26.2.